The largest absolute Gasteiger partial charge is 0.468 e. The topological polar surface area (TPSA) is 38.3 Å². The second kappa shape index (κ2) is 1.95. The zero-order valence-corrected chi connectivity index (χ0v) is 5.96. The molecule has 10 heavy (non-hydrogen) atoms. The minimum Gasteiger partial charge on any atom is -0.468 e. The second-order valence-electron chi connectivity index (χ2n) is 3.08. The Labute approximate surface area is 59.7 Å². The van der Waals surface area contributed by atoms with Crippen LogP contribution in [0.15, 0.2) is 0 Å². The molecule has 3 heteroatoms. The molecule has 0 aromatic carbocycles. The van der Waals surface area contributed by atoms with Gasteiger partial charge in [0, 0.05) is 6.04 Å². The minimum atomic E-state index is -0.104. The maximum Gasteiger partial charge on any atom is 0.322 e. The Morgan fingerprint density at radius 2 is 2.40 bits per heavy atom. The highest BCUT2D eigenvalue weighted by molar-refractivity contribution is 5.76. The number of fused-ring (bicyclic) bond motifs is 1. The number of nitrogens with one attached hydrogen (secondary N) is 1. The fraction of sp³-hybridized carbons (Fsp3) is 0.857. The summed E-state index contributed by atoms with van der Waals surface area (Å²) in [6.45, 7) is 0. The molecule has 0 aromatic heterocycles. The first-order chi connectivity index (χ1) is 4.81. The normalized spacial score (nSPS) is 42.7. The molecule has 3 atom stereocenters. The van der Waals surface area contributed by atoms with Gasteiger partial charge in [-0.25, -0.2) is 0 Å². The van der Waals surface area contributed by atoms with Crippen molar-refractivity contribution in [1.29, 1.82) is 0 Å². The van der Waals surface area contributed by atoms with Gasteiger partial charge in [-0.1, -0.05) is 0 Å². The van der Waals surface area contributed by atoms with Crippen LogP contribution < -0.4 is 5.32 Å². The summed E-state index contributed by atoms with van der Waals surface area (Å²) in [5.41, 5.74) is 0. The van der Waals surface area contributed by atoms with Crippen molar-refractivity contribution in [2.45, 2.75) is 24.9 Å². The maximum absolute atomic E-state index is 10.9. The van der Waals surface area contributed by atoms with Gasteiger partial charge in [-0.05, 0) is 18.8 Å². The highest BCUT2D eigenvalue weighted by Crippen LogP contribution is 2.40. The molecule has 0 unspecified atom stereocenters. The molecule has 0 bridgehead atoms. The van der Waals surface area contributed by atoms with Crippen molar-refractivity contribution in [2.75, 3.05) is 7.11 Å². The molecule has 3 nitrogen and oxygen atoms in total. The summed E-state index contributed by atoms with van der Waals surface area (Å²) >= 11 is 0. The fourth-order valence-electron chi connectivity index (χ4n) is 1.65. The summed E-state index contributed by atoms with van der Waals surface area (Å²) in [6, 6.07) is 0.623. The Hall–Kier alpha value is -0.570. The van der Waals surface area contributed by atoms with E-state index in [1.807, 2.05) is 0 Å². The lowest BCUT2D eigenvalue weighted by molar-refractivity contribution is -0.142. The molecule has 2 fully saturated rings. The van der Waals surface area contributed by atoms with Crippen LogP contribution in [0.3, 0.4) is 0 Å². The minimum absolute atomic E-state index is 0.00579. The molecule has 1 saturated carbocycles. The maximum atomic E-state index is 10.9. The van der Waals surface area contributed by atoms with Crippen molar-refractivity contribution < 1.29 is 9.53 Å². The van der Waals surface area contributed by atoms with E-state index in [9.17, 15) is 4.79 Å². The van der Waals surface area contributed by atoms with Crippen molar-refractivity contribution >= 4 is 5.97 Å². The van der Waals surface area contributed by atoms with Crippen molar-refractivity contribution in [3.8, 4) is 0 Å². The number of rotatable bonds is 1. The zero-order chi connectivity index (χ0) is 7.14. The van der Waals surface area contributed by atoms with Gasteiger partial charge in [-0.15, -0.1) is 0 Å². The molecule has 2 rings (SSSR count). The molecule has 0 amide bonds. The summed E-state index contributed by atoms with van der Waals surface area (Å²) in [4.78, 5) is 10.9. The number of hydrogen-bond donors (Lipinski definition) is 1. The number of hydrogen-bond acceptors (Lipinski definition) is 3. The summed E-state index contributed by atoms with van der Waals surface area (Å²) in [7, 11) is 1.44. The third-order valence-electron chi connectivity index (χ3n) is 2.36. The number of ether oxygens (including phenoxy) is 1. The Balaban J connectivity index is 1.90. The van der Waals surface area contributed by atoms with E-state index in [-0.39, 0.29) is 12.0 Å². The van der Waals surface area contributed by atoms with E-state index in [1.165, 1.54) is 13.5 Å². The smallest absolute Gasteiger partial charge is 0.322 e. The first-order valence-corrected chi connectivity index (χ1v) is 3.65. The number of methoxy groups -OCH3 is 1. The van der Waals surface area contributed by atoms with Crippen LogP contribution in [0, 0.1) is 5.92 Å². The Morgan fingerprint density at radius 1 is 1.60 bits per heavy atom. The van der Waals surface area contributed by atoms with Crippen molar-refractivity contribution in [3.63, 3.8) is 0 Å². The molecule has 1 saturated heterocycles. The zero-order valence-electron chi connectivity index (χ0n) is 5.96. The van der Waals surface area contributed by atoms with Crippen LogP contribution in [0.2, 0.25) is 0 Å². The Bertz CT molecular complexity index is 159. The molecule has 0 spiro atoms. The molecule has 1 N–H and O–H groups in total. The third-order valence-corrected chi connectivity index (χ3v) is 2.36. The van der Waals surface area contributed by atoms with Crippen LogP contribution in [0.25, 0.3) is 0 Å². The van der Waals surface area contributed by atoms with E-state index in [0.717, 1.165) is 12.3 Å². The van der Waals surface area contributed by atoms with Gasteiger partial charge in [0.2, 0.25) is 0 Å². The molecule has 1 heterocycles. The van der Waals surface area contributed by atoms with Gasteiger partial charge in [-0.3, -0.25) is 4.79 Å². The Kier molecular flexibility index (Phi) is 1.20. The average Bonchev–Trinajstić information content (AvgIpc) is 2.57. The average molecular weight is 141 g/mol. The van der Waals surface area contributed by atoms with Crippen LogP contribution in [0.1, 0.15) is 12.8 Å². The first-order valence-electron chi connectivity index (χ1n) is 3.65. The summed E-state index contributed by atoms with van der Waals surface area (Å²) in [5.74, 6) is 0.663. The predicted octanol–water partition coefficient (Wildman–Crippen LogP) is -0.0902. The van der Waals surface area contributed by atoms with E-state index < -0.39 is 0 Å². The van der Waals surface area contributed by atoms with Gasteiger partial charge in [0.05, 0.1) is 7.11 Å². The molecule has 56 valence electrons. The summed E-state index contributed by atoms with van der Waals surface area (Å²) in [5, 5.41) is 3.20. The van der Waals surface area contributed by atoms with E-state index in [4.69, 9.17) is 0 Å². The van der Waals surface area contributed by atoms with E-state index in [0.29, 0.717) is 6.04 Å². The number of esters is 1. The molecular formula is C7H11NO2. The van der Waals surface area contributed by atoms with Crippen LogP contribution >= 0.6 is 0 Å². The highest BCUT2D eigenvalue weighted by Gasteiger charge is 2.48. The van der Waals surface area contributed by atoms with E-state index in [1.54, 1.807) is 0 Å². The quantitative estimate of drug-likeness (QED) is 0.519. The molecule has 2 aliphatic rings. The monoisotopic (exact) mass is 141 g/mol. The summed E-state index contributed by atoms with van der Waals surface area (Å²) in [6.07, 6.45) is 2.24. The molecular weight excluding hydrogens is 130 g/mol. The predicted molar refractivity (Wildman–Crippen MR) is 35.5 cm³/mol. The van der Waals surface area contributed by atoms with Gasteiger partial charge in [0.15, 0.2) is 0 Å². The lowest BCUT2D eigenvalue weighted by Gasteiger charge is -2.08. The van der Waals surface area contributed by atoms with Crippen LogP contribution in [-0.2, 0) is 9.53 Å². The lowest BCUT2D eigenvalue weighted by Crippen LogP contribution is -2.34. The van der Waals surface area contributed by atoms with Gasteiger partial charge >= 0.3 is 5.97 Å². The first kappa shape index (κ1) is 6.16. The van der Waals surface area contributed by atoms with Crippen molar-refractivity contribution in [1.82, 2.24) is 5.32 Å². The lowest BCUT2D eigenvalue weighted by atomic mass is 10.2. The van der Waals surface area contributed by atoms with Gasteiger partial charge in [0.25, 0.3) is 0 Å². The Morgan fingerprint density at radius 3 is 2.90 bits per heavy atom. The van der Waals surface area contributed by atoms with Crippen molar-refractivity contribution in [2.24, 2.45) is 5.92 Å². The number of carbonyl (C=O) groups excluding carboxylic acids is 1. The van der Waals surface area contributed by atoms with Gasteiger partial charge in [0.1, 0.15) is 6.04 Å². The number of piperidine rings is 1. The fourth-order valence-corrected chi connectivity index (χ4v) is 1.65. The van der Waals surface area contributed by atoms with Crippen LogP contribution in [-0.4, -0.2) is 25.2 Å². The van der Waals surface area contributed by atoms with Gasteiger partial charge < -0.3 is 10.1 Å². The van der Waals surface area contributed by atoms with Crippen molar-refractivity contribution in [3.05, 3.63) is 0 Å². The third kappa shape index (κ3) is 0.814. The molecule has 1 aliphatic carbocycles. The molecule has 1 aliphatic heterocycles. The summed E-state index contributed by atoms with van der Waals surface area (Å²) < 4.78 is 4.60. The molecule has 0 radical (unpaired) electrons. The second-order valence-corrected chi connectivity index (χ2v) is 3.08. The van der Waals surface area contributed by atoms with Crippen LogP contribution in [0.5, 0.6) is 0 Å². The highest BCUT2D eigenvalue weighted by atomic mass is 16.5. The van der Waals surface area contributed by atoms with E-state index in [2.05, 4.69) is 10.1 Å². The van der Waals surface area contributed by atoms with Crippen LogP contribution in [0.4, 0.5) is 0 Å². The van der Waals surface area contributed by atoms with E-state index >= 15 is 0 Å². The number of carbonyl (C=O) groups is 1. The van der Waals surface area contributed by atoms with Gasteiger partial charge in [-0.2, -0.15) is 0 Å². The SMILES string of the molecule is COC(=O)[C@@H]1C[C@@H]2C[C@H]2N1. The standard InChI is InChI=1S/C7H11NO2/c1-10-7(9)6-3-4-2-5(4)8-6/h4-6,8H,2-3H2,1H3/t4-,5+,6-/m0/s1. The molecule has 0 aromatic rings.